The Morgan fingerprint density at radius 3 is 2.85 bits per heavy atom. The van der Waals surface area contributed by atoms with Gasteiger partial charge in [-0.05, 0) is 48.1 Å². The molecule has 27 heavy (non-hydrogen) atoms. The summed E-state index contributed by atoms with van der Waals surface area (Å²) in [6, 6.07) is 14.6. The van der Waals surface area contributed by atoms with Gasteiger partial charge in [-0.25, -0.2) is 0 Å². The molecule has 2 aromatic carbocycles. The van der Waals surface area contributed by atoms with Crippen LogP contribution in [0, 0.1) is 0 Å². The van der Waals surface area contributed by atoms with E-state index in [1.165, 1.54) is 36.0 Å². The fourth-order valence-corrected chi connectivity index (χ4v) is 3.60. The lowest BCUT2D eigenvalue weighted by molar-refractivity contribution is -0.0441. The van der Waals surface area contributed by atoms with Gasteiger partial charge in [-0.2, -0.15) is 0 Å². The molecular weight excluding hydrogens is 338 g/mol. The van der Waals surface area contributed by atoms with Gasteiger partial charge in [0.05, 0.1) is 0 Å². The van der Waals surface area contributed by atoms with Crippen molar-refractivity contribution in [2.45, 2.75) is 45.4 Å². The Labute approximate surface area is 161 Å². The fourth-order valence-electron chi connectivity index (χ4n) is 3.60. The summed E-state index contributed by atoms with van der Waals surface area (Å²) in [5.74, 6) is 1.53. The Bertz CT molecular complexity index is 841. The van der Waals surface area contributed by atoms with Gasteiger partial charge in [0, 0.05) is 26.9 Å². The zero-order valence-electron chi connectivity index (χ0n) is 16.1. The Balaban J connectivity index is 1.26. The second-order valence-corrected chi connectivity index (χ2v) is 7.53. The summed E-state index contributed by atoms with van der Waals surface area (Å²) in [6.45, 7) is 5.97. The largest absolute Gasteiger partial charge is 0.488 e. The van der Waals surface area contributed by atoms with E-state index in [9.17, 15) is 0 Å². The highest BCUT2D eigenvalue weighted by Crippen LogP contribution is 2.45. The first-order valence-electron chi connectivity index (χ1n) is 9.74. The highest BCUT2D eigenvalue weighted by Gasteiger charge is 2.33. The van der Waals surface area contributed by atoms with Crippen LogP contribution in [0.4, 0.5) is 0 Å². The number of allylic oxidation sites excluding steroid dienone is 2. The molecule has 0 bridgehead atoms. The molecule has 4 rings (SSSR count). The molecule has 2 aliphatic rings. The van der Waals surface area contributed by atoms with E-state index >= 15 is 0 Å². The maximum atomic E-state index is 5.91. The molecule has 1 heterocycles. The molecule has 142 valence electrons. The Kier molecular flexibility index (Phi) is 5.08. The van der Waals surface area contributed by atoms with Crippen LogP contribution < -0.4 is 19.5 Å². The molecule has 4 heteroatoms. The van der Waals surface area contributed by atoms with E-state index < -0.39 is 5.79 Å². The first kappa shape index (κ1) is 17.9. The van der Waals surface area contributed by atoms with Crippen LogP contribution in [0.25, 0.3) is 5.57 Å². The van der Waals surface area contributed by atoms with Crippen LogP contribution in [0.1, 0.15) is 44.2 Å². The van der Waals surface area contributed by atoms with Crippen molar-refractivity contribution in [2.75, 3.05) is 13.2 Å². The highest BCUT2D eigenvalue weighted by molar-refractivity contribution is 5.67. The molecule has 0 unspecified atom stereocenters. The van der Waals surface area contributed by atoms with E-state index in [0.29, 0.717) is 12.4 Å². The predicted octanol–water partition coefficient (Wildman–Crippen LogP) is 4.93. The van der Waals surface area contributed by atoms with E-state index in [2.05, 4.69) is 35.7 Å². The Morgan fingerprint density at radius 1 is 1.11 bits per heavy atom. The highest BCUT2D eigenvalue weighted by atomic mass is 16.7. The lowest BCUT2D eigenvalue weighted by Gasteiger charge is -2.16. The van der Waals surface area contributed by atoms with Gasteiger partial charge in [0.1, 0.15) is 6.61 Å². The minimum absolute atomic E-state index is 0.574. The second kappa shape index (κ2) is 7.65. The number of ether oxygens (including phenoxy) is 3. The maximum absolute atomic E-state index is 5.91. The lowest BCUT2D eigenvalue weighted by atomic mass is 10.0. The maximum Gasteiger partial charge on any atom is 0.246 e. The van der Waals surface area contributed by atoms with Crippen molar-refractivity contribution in [1.29, 1.82) is 0 Å². The van der Waals surface area contributed by atoms with Crippen molar-refractivity contribution >= 4 is 5.57 Å². The van der Waals surface area contributed by atoms with Crippen LogP contribution in [0.3, 0.4) is 0 Å². The smallest absolute Gasteiger partial charge is 0.246 e. The molecule has 1 N–H and O–H groups in total. The summed E-state index contributed by atoms with van der Waals surface area (Å²) >= 11 is 0. The van der Waals surface area contributed by atoms with E-state index in [0.717, 1.165) is 24.6 Å². The third-order valence-electron chi connectivity index (χ3n) is 4.85. The van der Waals surface area contributed by atoms with Crippen LogP contribution in [0.2, 0.25) is 0 Å². The molecule has 0 saturated carbocycles. The molecule has 0 spiro atoms. The lowest BCUT2D eigenvalue weighted by Crippen LogP contribution is -2.29. The third kappa shape index (κ3) is 4.28. The van der Waals surface area contributed by atoms with Gasteiger partial charge in [0.2, 0.25) is 11.5 Å². The van der Waals surface area contributed by atoms with Gasteiger partial charge in [-0.1, -0.05) is 36.4 Å². The molecule has 0 saturated heterocycles. The Hall–Kier alpha value is -2.46. The van der Waals surface area contributed by atoms with Gasteiger partial charge in [-0.3, -0.25) is 0 Å². The minimum atomic E-state index is -0.639. The number of nitrogens with one attached hydrogen (secondary N) is 1. The summed E-state index contributed by atoms with van der Waals surface area (Å²) in [6.07, 6.45) is 6.06. The number of rotatable bonds is 7. The number of para-hydroxylation sites is 1. The zero-order chi connectivity index (χ0) is 18.7. The predicted molar refractivity (Wildman–Crippen MR) is 107 cm³/mol. The van der Waals surface area contributed by atoms with E-state index in [1.54, 1.807) is 0 Å². The number of hydrogen-bond acceptors (Lipinski definition) is 4. The van der Waals surface area contributed by atoms with Crippen molar-refractivity contribution in [3.63, 3.8) is 0 Å². The SMILES string of the molecule is CC1(C)Oc2cccc(OCCNCc3cccc(C4=CCCC4)c3)c2O1. The Morgan fingerprint density at radius 2 is 2.00 bits per heavy atom. The fraction of sp³-hybridized carbons (Fsp3) is 0.391. The molecule has 0 fully saturated rings. The van der Waals surface area contributed by atoms with Crippen LogP contribution in [0.15, 0.2) is 48.5 Å². The van der Waals surface area contributed by atoms with Crippen molar-refractivity contribution in [3.05, 3.63) is 59.7 Å². The van der Waals surface area contributed by atoms with Crippen molar-refractivity contribution in [3.8, 4) is 17.2 Å². The third-order valence-corrected chi connectivity index (χ3v) is 4.85. The van der Waals surface area contributed by atoms with Crippen molar-refractivity contribution < 1.29 is 14.2 Å². The second-order valence-electron chi connectivity index (χ2n) is 7.53. The first-order valence-corrected chi connectivity index (χ1v) is 9.74. The van der Waals surface area contributed by atoms with Gasteiger partial charge in [-0.15, -0.1) is 0 Å². The van der Waals surface area contributed by atoms with Crippen LogP contribution in [0.5, 0.6) is 17.2 Å². The van der Waals surface area contributed by atoms with E-state index in [1.807, 2.05) is 32.0 Å². The first-order chi connectivity index (χ1) is 13.1. The molecule has 4 nitrogen and oxygen atoms in total. The van der Waals surface area contributed by atoms with Crippen LogP contribution in [-0.4, -0.2) is 18.9 Å². The number of hydrogen-bond donors (Lipinski definition) is 1. The summed E-state index contributed by atoms with van der Waals surface area (Å²) < 4.78 is 17.5. The van der Waals surface area contributed by atoms with E-state index in [4.69, 9.17) is 14.2 Å². The van der Waals surface area contributed by atoms with Gasteiger partial charge in [0.25, 0.3) is 0 Å². The molecule has 0 aromatic heterocycles. The van der Waals surface area contributed by atoms with Gasteiger partial charge >= 0.3 is 0 Å². The average molecular weight is 365 g/mol. The normalized spacial score (nSPS) is 17.0. The molecule has 1 aliphatic carbocycles. The molecule has 0 radical (unpaired) electrons. The topological polar surface area (TPSA) is 39.7 Å². The standard InChI is InChI=1S/C23H27NO3/c1-23(2)26-21-12-6-11-20(22(21)27-23)25-14-13-24-16-17-7-5-10-19(15-17)18-8-3-4-9-18/h5-8,10-12,15,24H,3-4,9,13-14,16H2,1-2H3. The summed E-state index contributed by atoms with van der Waals surface area (Å²) in [7, 11) is 0. The number of benzene rings is 2. The van der Waals surface area contributed by atoms with Crippen molar-refractivity contribution in [2.24, 2.45) is 0 Å². The van der Waals surface area contributed by atoms with Crippen LogP contribution in [-0.2, 0) is 6.54 Å². The zero-order valence-corrected chi connectivity index (χ0v) is 16.1. The molecule has 0 amide bonds. The average Bonchev–Trinajstić information content (AvgIpc) is 3.28. The number of fused-ring (bicyclic) bond motifs is 1. The molecular formula is C23H27NO3. The summed E-state index contributed by atoms with van der Waals surface area (Å²) in [5, 5.41) is 3.46. The molecule has 2 aromatic rings. The van der Waals surface area contributed by atoms with Crippen LogP contribution >= 0.6 is 0 Å². The minimum Gasteiger partial charge on any atom is -0.488 e. The van der Waals surface area contributed by atoms with Gasteiger partial charge in [0.15, 0.2) is 11.5 Å². The monoisotopic (exact) mass is 365 g/mol. The van der Waals surface area contributed by atoms with Crippen molar-refractivity contribution in [1.82, 2.24) is 5.32 Å². The van der Waals surface area contributed by atoms with E-state index in [-0.39, 0.29) is 0 Å². The summed E-state index contributed by atoms with van der Waals surface area (Å²) in [5.41, 5.74) is 4.16. The van der Waals surface area contributed by atoms with Gasteiger partial charge < -0.3 is 19.5 Å². The molecule has 1 aliphatic heterocycles. The quantitative estimate of drug-likeness (QED) is 0.706. The molecule has 0 atom stereocenters. The summed E-state index contributed by atoms with van der Waals surface area (Å²) in [4.78, 5) is 0.